The normalized spacial score (nSPS) is 15.4. The number of fused-ring (bicyclic) bond motifs is 1. The summed E-state index contributed by atoms with van der Waals surface area (Å²) < 4.78 is 15.3. The predicted molar refractivity (Wildman–Crippen MR) is 61.6 cm³/mol. The topological polar surface area (TPSA) is 42.2 Å². The van der Waals surface area contributed by atoms with Crippen LogP contribution in [0.25, 0.3) is 10.9 Å². The van der Waals surface area contributed by atoms with Crippen molar-refractivity contribution in [1.82, 2.24) is 4.57 Å². The molecule has 1 saturated carbocycles. The molecule has 4 heteroatoms. The molecule has 1 N–H and O–H groups in total. The number of carboxylic acid groups (broad SMARTS) is 1. The van der Waals surface area contributed by atoms with Gasteiger partial charge in [0.05, 0.1) is 5.52 Å². The molecule has 1 aliphatic carbocycles. The van der Waals surface area contributed by atoms with Crippen molar-refractivity contribution in [1.29, 1.82) is 0 Å². The van der Waals surface area contributed by atoms with Crippen LogP contribution in [0.3, 0.4) is 0 Å². The zero-order chi connectivity index (χ0) is 12.0. The van der Waals surface area contributed by atoms with Crippen molar-refractivity contribution in [3.05, 3.63) is 35.8 Å². The van der Waals surface area contributed by atoms with E-state index in [0.29, 0.717) is 23.4 Å². The number of benzene rings is 1. The van der Waals surface area contributed by atoms with Crippen molar-refractivity contribution < 1.29 is 14.3 Å². The Morgan fingerprint density at radius 2 is 2.24 bits per heavy atom. The second-order valence-electron chi connectivity index (χ2n) is 4.56. The van der Waals surface area contributed by atoms with E-state index in [-0.39, 0.29) is 11.5 Å². The van der Waals surface area contributed by atoms with Crippen molar-refractivity contribution in [3.63, 3.8) is 0 Å². The smallest absolute Gasteiger partial charge is 0.352 e. The van der Waals surface area contributed by atoms with Crippen LogP contribution >= 0.6 is 0 Å². The summed E-state index contributed by atoms with van der Waals surface area (Å²) in [6.45, 7) is 0.675. The van der Waals surface area contributed by atoms with Crippen LogP contribution in [-0.4, -0.2) is 15.6 Å². The van der Waals surface area contributed by atoms with Gasteiger partial charge in [-0.3, -0.25) is 0 Å². The van der Waals surface area contributed by atoms with Gasteiger partial charge in [0, 0.05) is 11.9 Å². The standard InChI is InChI=1S/C13H12FNO2/c14-10-2-1-3-11-9(10)6-12(13(16)17)15(11)7-8-4-5-8/h1-3,6,8H,4-5,7H2,(H,16,17). The van der Waals surface area contributed by atoms with Gasteiger partial charge in [0.1, 0.15) is 11.5 Å². The van der Waals surface area contributed by atoms with E-state index in [1.807, 2.05) is 0 Å². The predicted octanol–water partition coefficient (Wildman–Crippen LogP) is 2.89. The second kappa shape index (κ2) is 3.58. The largest absolute Gasteiger partial charge is 0.477 e. The number of carbonyl (C=O) groups is 1. The number of hydrogen-bond acceptors (Lipinski definition) is 1. The van der Waals surface area contributed by atoms with Crippen molar-refractivity contribution in [2.24, 2.45) is 5.92 Å². The third-order valence-electron chi connectivity index (χ3n) is 3.25. The Hall–Kier alpha value is -1.84. The Bertz CT molecular complexity index is 599. The summed E-state index contributed by atoms with van der Waals surface area (Å²) in [5.74, 6) is -0.812. The summed E-state index contributed by atoms with van der Waals surface area (Å²) in [5.41, 5.74) is 0.853. The Balaban J connectivity index is 2.22. The van der Waals surface area contributed by atoms with Crippen molar-refractivity contribution in [2.75, 3.05) is 0 Å². The van der Waals surface area contributed by atoms with Gasteiger partial charge >= 0.3 is 5.97 Å². The summed E-state index contributed by atoms with van der Waals surface area (Å²) in [7, 11) is 0. The minimum atomic E-state index is -0.999. The molecule has 88 valence electrons. The highest BCUT2D eigenvalue weighted by Crippen LogP contribution is 2.33. The first-order chi connectivity index (χ1) is 8.16. The number of aromatic carboxylic acids is 1. The van der Waals surface area contributed by atoms with Gasteiger partial charge in [0.15, 0.2) is 0 Å². The molecule has 17 heavy (non-hydrogen) atoms. The number of halogens is 1. The van der Waals surface area contributed by atoms with Crippen molar-refractivity contribution in [3.8, 4) is 0 Å². The lowest BCUT2D eigenvalue weighted by molar-refractivity contribution is 0.0685. The summed E-state index contributed by atoms with van der Waals surface area (Å²) in [5, 5.41) is 9.54. The molecule has 0 unspecified atom stereocenters. The number of carboxylic acids is 1. The second-order valence-corrected chi connectivity index (χ2v) is 4.56. The van der Waals surface area contributed by atoms with Crippen LogP contribution in [0.1, 0.15) is 23.3 Å². The van der Waals surface area contributed by atoms with Gasteiger partial charge in [-0.2, -0.15) is 0 Å². The van der Waals surface area contributed by atoms with Crippen LogP contribution in [0.5, 0.6) is 0 Å². The van der Waals surface area contributed by atoms with Crippen LogP contribution in [0.4, 0.5) is 4.39 Å². The zero-order valence-corrected chi connectivity index (χ0v) is 9.19. The Morgan fingerprint density at radius 3 is 2.88 bits per heavy atom. The fourth-order valence-electron chi connectivity index (χ4n) is 2.18. The Kier molecular flexibility index (Phi) is 2.18. The van der Waals surface area contributed by atoms with E-state index < -0.39 is 5.97 Å². The highest BCUT2D eigenvalue weighted by molar-refractivity contribution is 5.94. The molecule has 2 aromatic rings. The SMILES string of the molecule is O=C(O)c1cc2c(F)cccc2n1CC1CC1. The third kappa shape index (κ3) is 1.69. The molecule has 3 rings (SSSR count). The van der Waals surface area contributed by atoms with Crippen LogP contribution in [0.15, 0.2) is 24.3 Å². The molecule has 1 fully saturated rings. The fraction of sp³-hybridized carbons (Fsp3) is 0.308. The number of aromatic nitrogens is 1. The van der Waals surface area contributed by atoms with Crippen molar-refractivity contribution in [2.45, 2.75) is 19.4 Å². The first-order valence-electron chi connectivity index (χ1n) is 5.68. The van der Waals surface area contributed by atoms with Crippen LogP contribution < -0.4 is 0 Å². The minimum Gasteiger partial charge on any atom is -0.477 e. The van der Waals surface area contributed by atoms with Gasteiger partial charge in [-0.15, -0.1) is 0 Å². The third-order valence-corrected chi connectivity index (χ3v) is 3.25. The van der Waals surface area contributed by atoms with Gasteiger partial charge in [-0.1, -0.05) is 6.07 Å². The van der Waals surface area contributed by atoms with Gasteiger partial charge in [0.2, 0.25) is 0 Å². The molecule has 0 radical (unpaired) electrons. The molecule has 0 bridgehead atoms. The number of nitrogens with zero attached hydrogens (tertiary/aromatic N) is 1. The Morgan fingerprint density at radius 1 is 1.47 bits per heavy atom. The molecule has 3 nitrogen and oxygen atoms in total. The van der Waals surface area contributed by atoms with E-state index in [1.54, 1.807) is 16.7 Å². The monoisotopic (exact) mass is 233 g/mol. The highest BCUT2D eigenvalue weighted by Gasteiger charge is 2.25. The maximum Gasteiger partial charge on any atom is 0.352 e. The quantitative estimate of drug-likeness (QED) is 0.885. The molecular weight excluding hydrogens is 221 g/mol. The van der Waals surface area contributed by atoms with E-state index in [4.69, 9.17) is 5.11 Å². The maximum atomic E-state index is 13.6. The summed E-state index contributed by atoms with van der Waals surface area (Å²) >= 11 is 0. The van der Waals surface area contributed by atoms with E-state index in [2.05, 4.69) is 0 Å². The fourth-order valence-corrected chi connectivity index (χ4v) is 2.18. The molecule has 0 amide bonds. The van der Waals surface area contributed by atoms with Crippen LogP contribution in [0, 0.1) is 11.7 Å². The summed E-state index contributed by atoms with van der Waals surface area (Å²) in [6.07, 6.45) is 2.27. The number of rotatable bonds is 3. The first kappa shape index (κ1) is 10.3. The van der Waals surface area contributed by atoms with Crippen LogP contribution in [0.2, 0.25) is 0 Å². The van der Waals surface area contributed by atoms with Crippen molar-refractivity contribution >= 4 is 16.9 Å². The van der Waals surface area contributed by atoms with Gasteiger partial charge < -0.3 is 9.67 Å². The van der Waals surface area contributed by atoms with Gasteiger partial charge in [-0.05, 0) is 37.0 Å². The number of hydrogen-bond donors (Lipinski definition) is 1. The van der Waals surface area contributed by atoms with E-state index >= 15 is 0 Å². The summed E-state index contributed by atoms with van der Waals surface area (Å²) in [4.78, 5) is 11.2. The lowest BCUT2D eigenvalue weighted by atomic mass is 10.2. The van der Waals surface area contributed by atoms with Gasteiger partial charge in [-0.25, -0.2) is 9.18 Å². The lowest BCUT2D eigenvalue weighted by Crippen LogP contribution is -2.09. The molecule has 1 aliphatic rings. The minimum absolute atomic E-state index is 0.178. The van der Waals surface area contributed by atoms with E-state index in [0.717, 1.165) is 12.8 Å². The zero-order valence-electron chi connectivity index (χ0n) is 9.19. The van der Waals surface area contributed by atoms with E-state index in [9.17, 15) is 9.18 Å². The molecule has 1 aromatic carbocycles. The molecule has 0 atom stereocenters. The average molecular weight is 233 g/mol. The van der Waals surface area contributed by atoms with E-state index in [1.165, 1.54) is 12.1 Å². The Labute approximate surface area is 97.5 Å². The average Bonchev–Trinajstić information content (AvgIpc) is 3.01. The highest BCUT2D eigenvalue weighted by atomic mass is 19.1. The molecule has 0 spiro atoms. The molecule has 1 heterocycles. The summed E-state index contributed by atoms with van der Waals surface area (Å²) in [6, 6.07) is 6.17. The maximum absolute atomic E-state index is 13.6. The first-order valence-corrected chi connectivity index (χ1v) is 5.68. The van der Waals surface area contributed by atoms with Gasteiger partial charge in [0.25, 0.3) is 0 Å². The molecular formula is C13H12FNO2. The lowest BCUT2D eigenvalue weighted by Gasteiger charge is -2.06. The molecule has 0 saturated heterocycles. The molecule has 0 aliphatic heterocycles. The van der Waals surface area contributed by atoms with Crippen LogP contribution in [-0.2, 0) is 6.54 Å². The molecule has 1 aromatic heterocycles.